The predicted octanol–water partition coefficient (Wildman–Crippen LogP) is 5.47. The molecule has 1 N–H and O–H groups in total. The monoisotopic (exact) mass is 322 g/mol. The molecule has 0 radical (unpaired) electrons. The van der Waals surface area contributed by atoms with Gasteiger partial charge in [-0.15, -0.1) is 0 Å². The molecule has 0 saturated carbocycles. The molecular weight excluding hydrogens is 310 g/mol. The maximum absolute atomic E-state index is 13.7. The van der Waals surface area contributed by atoms with E-state index in [9.17, 15) is 4.39 Å². The molecule has 3 aromatic rings. The molecule has 0 bridgehead atoms. The molecule has 0 saturated heterocycles. The van der Waals surface area contributed by atoms with Crippen LogP contribution in [0.2, 0.25) is 10.0 Å². The lowest BCUT2D eigenvalue weighted by Crippen LogP contribution is -1.99. The molecule has 0 amide bonds. The molecule has 5 heteroatoms. The number of nitrogens with one attached hydrogen (secondary N) is 1. The quantitative estimate of drug-likeness (QED) is 0.623. The van der Waals surface area contributed by atoms with E-state index in [1.54, 1.807) is 6.20 Å². The van der Waals surface area contributed by atoms with Crippen LogP contribution < -0.4 is 0 Å². The van der Waals surface area contributed by atoms with Crippen LogP contribution in [0, 0.1) is 12.7 Å². The van der Waals surface area contributed by atoms with Gasteiger partial charge in [-0.3, -0.25) is 0 Å². The maximum Gasteiger partial charge on any atom is 0.142 e. The molecule has 2 aromatic heterocycles. The molecular formula is C16H13Cl2FN2. The summed E-state index contributed by atoms with van der Waals surface area (Å²) in [6.45, 7) is 3.94. The number of halogens is 3. The number of pyridine rings is 1. The Morgan fingerprint density at radius 3 is 2.81 bits per heavy atom. The third-order valence-electron chi connectivity index (χ3n) is 3.68. The predicted molar refractivity (Wildman–Crippen MR) is 84.8 cm³/mol. The zero-order chi connectivity index (χ0) is 15.1. The van der Waals surface area contributed by atoms with E-state index >= 15 is 0 Å². The summed E-state index contributed by atoms with van der Waals surface area (Å²) in [5.41, 5.74) is 3.45. The molecule has 0 aliphatic heterocycles. The topological polar surface area (TPSA) is 28.7 Å². The summed E-state index contributed by atoms with van der Waals surface area (Å²) in [5.74, 6) is -0.602. The highest BCUT2D eigenvalue weighted by atomic mass is 35.5. The molecule has 2 heterocycles. The minimum Gasteiger partial charge on any atom is -0.346 e. The van der Waals surface area contributed by atoms with Gasteiger partial charge in [0.15, 0.2) is 0 Å². The fourth-order valence-corrected chi connectivity index (χ4v) is 3.28. The second kappa shape index (κ2) is 5.32. The highest BCUT2D eigenvalue weighted by Crippen LogP contribution is 2.39. The van der Waals surface area contributed by atoms with Crippen molar-refractivity contribution in [3.05, 3.63) is 63.1 Å². The van der Waals surface area contributed by atoms with Crippen LogP contribution in [0.15, 0.2) is 30.6 Å². The van der Waals surface area contributed by atoms with Gasteiger partial charge in [0, 0.05) is 28.7 Å². The lowest BCUT2D eigenvalue weighted by molar-refractivity contribution is 0.625. The molecule has 0 aliphatic rings. The minimum atomic E-state index is -0.461. The van der Waals surface area contributed by atoms with Gasteiger partial charge in [0.25, 0.3) is 0 Å². The van der Waals surface area contributed by atoms with Gasteiger partial charge in [0.2, 0.25) is 0 Å². The number of benzene rings is 1. The summed E-state index contributed by atoms with van der Waals surface area (Å²) in [6.07, 6.45) is 3.68. The number of nitrogens with zero attached hydrogens (tertiary/aromatic N) is 1. The SMILES string of the molecule is Cc1cnc2[nH]cc(C(C)c3c(Cl)ccc(F)c3Cl)c2c1. The number of aromatic nitrogens is 2. The minimum absolute atomic E-state index is 0.0740. The highest BCUT2D eigenvalue weighted by Gasteiger charge is 2.21. The van der Waals surface area contributed by atoms with Crippen molar-refractivity contribution >= 4 is 34.2 Å². The lowest BCUT2D eigenvalue weighted by atomic mass is 9.92. The second-order valence-corrected chi connectivity index (χ2v) is 5.92. The molecule has 3 rings (SSSR count). The van der Waals surface area contributed by atoms with Crippen LogP contribution in [-0.4, -0.2) is 9.97 Å². The van der Waals surface area contributed by atoms with Crippen LogP contribution in [0.1, 0.15) is 29.5 Å². The zero-order valence-corrected chi connectivity index (χ0v) is 13.1. The van der Waals surface area contributed by atoms with Gasteiger partial charge in [-0.05, 0) is 41.8 Å². The Kier molecular flexibility index (Phi) is 3.64. The summed E-state index contributed by atoms with van der Waals surface area (Å²) in [7, 11) is 0. The number of hydrogen-bond acceptors (Lipinski definition) is 1. The van der Waals surface area contributed by atoms with E-state index in [4.69, 9.17) is 23.2 Å². The van der Waals surface area contributed by atoms with Crippen molar-refractivity contribution in [2.75, 3.05) is 0 Å². The first kappa shape index (κ1) is 14.4. The standard InChI is InChI=1S/C16H13Cl2FN2/c1-8-5-10-11(7-21-16(10)20-6-8)9(2)14-12(17)3-4-13(19)15(14)18/h3-7,9H,1-2H3,(H,20,21). The Hall–Kier alpha value is -1.58. The molecule has 2 nitrogen and oxygen atoms in total. The van der Waals surface area contributed by atoms with Gasteiger partial charge in [-0.2, -0.15) is 0 Å². The Morgan fingerprint density at radius 1 is 1.29 bits per heavy atom. The van der Waals surface area contributed by atoms with E-state index in [-0.39, 0.29) is 10.9 Å². The third-order valence-corrected chi connectivity index (χ3v) is 4.39. The molecule has 0 spiro atoms. The molecule has 0 fully saturated rings. The third kappa shape index (κ3) is 2.41. The zero-order valence-electron chi connectivity index (χ0n) is 11.5. The van der Waals surface area contributed by atoms with Crippen molar-refractivity contribution in [2.45, 2.75) is 19.8 Å². The molecule has 0 aliphatic carbocycles. The van der Waals surface area contributed by atoms with Crippen molar-refractivity contribution in [1.82, 2.24) is 9.97 Å². The fourth-order valence-electron chi connectivity index (χ4n) is 2.58. The van der Waals surface area contributed by atoms with Crippen molar-refractivity contribution in [2.24, 2.45) is 0 Å². The highest BCUT2D eigenvalue weighted by molar-refractivity contribution is 6.36. The Balaban J connectivity index is 2.19. The molecule has 108 valence electrons. The van der Waals surface area contributed by atoms with Crippen molar-refractivity contribution in [3.8, 4) is 0 Å². The summed E-state index contributed by atoms with van der Waals surface area (Å²) in [5, 5.41) is 1.53. The number of aryl methyl sites for hydroxylation is 1. The first-order valence-corrected chi connectivity index (χ1v) is 7.31. The largest absolute Gasteiger partial charge is 0.346 e. The van der Waals surface area contributed by atoms with Gasteiger partial charge in [-0.25, -0.2) is 9.37 Å². The number of H-pyrrole nitrogens is 1. The smallest absolute Gasteiger partial charge is 0.142 e. The van der Waals surface area contributed by atoms with E-state index in [1.165, 1.54) is 12.1 Å². The van der Waals surface area contributed by atoms with Crippen LogP contribution >= 0.6 is 23.2 Å². The Morgan fingerprint density at radius 2 is 2.05 bits per heavy atom. The van der Waals surface area contributed by atoms with Crippen LogP contribution in [0.25, 0.3) is 11.0 Å². The maximum atomic E-state index is 13.7. The molecule has 1 atom stereocenters. The first-order valence-electron chi connectivity index (χ1n) is 6.56. The van der Waals surface area contributed by atoms with Gasteiger partial charge >= 0.3 is 0 Å². The van der Waals surface area contributed by atoms with E-state index in [2.05, 4.69) is 9.97 Å². The van der Waals surface area contributed by atoms with Crippen molar-refractivity contribution in [3.63, 3.8) is 0 Å². The van der Waals surface area contributed by atoms with Gasteiger partial charge in [0.1, 0.15) is 11.5 Å². The summed E-state index contributed by atoms with van der Waals surface area (Å²) in [4.78, 5) is 7.47. The average Bonchev–Trinajstić information content (AvgIpc) is 2.86. The van der Waals surface area contributed by atoms with Crippen LogP contribution in [0.3, 0.4) is 0 Å². The van der Waals surface area contributed by atoms with Crippen LogP contribution in [0.5, 0.6) is 0 Å². The van der Waals surface area contributed by atoms with Gasteiger partial charge < -0.3 is 4.98 Å². The van der Waals surface area contributed by atoms with E-state index in [0.717, 1.165) is 22.2 Å². The number of hydrogen-bond donors (Lipinski definition) is 1. The van der Waals surface area contributed by atoms with Crippen molar-refractivity contribution in [1.29, 1.82) is 0 Å². The van der Waals surface area contributed by atoms with E-state index < -0.39 is 5.82 Å². The average molecular weight is 323 g/mol. The number of rotatable bonds is 2. The van der Waals surface area contributed by atoms with Gasteiger partial charge in [0.05, 0.1) is 5.02 Å². The summed E-state index contributed by atoms with van der Waals surface area (Å²) in [6, 6.07) is 4.86. The Bertz CT molecular complexity index is 827. The molecule has 21 heavy (non-hydrogen) atoms. The summed E-state index contributed by atoms with van der Waals surface area (Å²) < 4.78 is 13.7. The van der Waals surface area contributed by atoms with E-state index in [1.807, 2.05) is 26.1 Å². The fraction of sp³-hybridized carbons (Fsp3) is 0.188. The Labute approximate surface area is 131 Å². The normalized spacial score (nSPS) is 12.8. The number of fused-ring (bicyclic) bond motifs is 1. The van der Waals surface area contributed by atoms with E-state index in [0.29, 0.717) is 10.6 Å². The van der Waals surface area contributed by atoms with Crippen LogP contribution in [0.4, 0.5) is 4.39 Å². The first-order chi connectivity index (χ1) is 9.99. The summed E-state index contributed by atoms with van der Waals surface area (Å²) >= 11 is 12.3. The second-order valence-electron chi connectivity index (χ2n) is 5.13. The van der Waals surface area contributed by atoms with Crippen LogP contribution in [-0.2, 0) is 0 Å². The molecule has 1 aromatic carbocycles. The number of aromatic amines is 1. The molecule has 1 unspecified atom stereocenters. The van der Waals surface area contributed by atoms with Crippen molar-refractivity contribution < 1.29 is 4.39 Å². The lowest BCUT2D eigenvalue weighted by Gasteiger charge is -2.15. The van der Waals surface area contributed by atoms with Gasteiger partial charge in [-0.1, -0.05) is 30.1 Å².